The van der Waals surface area contributed by atoms with Crippen molar-refractivity contribution in [3.8, 4) is 33.7 Å². The molecule has 5 nitrogen and oxygen atoms in total. The summed E-state index contributed by atoms with van der Waals surface area (Å²) in [5, 5.41) is 6.58. The number of anilines is 3. The highest BCUT2D eigenvalue weighted by atomic mass is 16.4. The number of oxazole rings is 1. The molecule has 0 fully saturated rings. The fourth-order valence-electron chi connectivity index (χ4n) is 8.58. The molecule has 12 aromatic rings. The van der Waals surface area contributed by atoms with E-state index in [1.54, 1.807) is 0 Å². The molecule has 0 N–H and O–H groups in total. The van der Waals surface area contributed by atoms with E-state index in [4.69, 9.17) is 18.2 Å². The van der Waals surface area contributed by atoms with Gasteiger partial charge in [-0.2, -0.15) is 0 Å². The first-order chi connectivity index (χ1) is 28.7. The van der Waals surface area contributed by atoms with Gasteiger partial charge in [-0.15, -0.1) is 0 Å². The van der Waals surface area contributed by atoms with Crippen LogP contribution in [0.1, 0.15) is 0 Å². The Kier molecular flexibility index (Phi) is 7.16. The van der Waals surface area contributed by atoms with Gasteiger partial charge >= 0.3 is 0 Å². The van der Waals surface area contributed by atoms with Gasteiger partial charge in [0.25, 0.3) is 0 Å². The minimum atomic E-state index is 0.594. The van der Waals surface area contributed by atoms with Crippen LogP contribution in [0.15, 0.2) is 207 Å². The van der Waals surface area contributed by atoms with Gasteiger partial charge in [0.1, 0.15) is 27.8 Å². The summed E-state index contributed by atoms with van der Waals surface area (Å²) < 4.78 is 18.9. The topological polar surface area (TPSA) is 55.6 Å². The smallest absolute Gasteiger partial charge is 0.227 e. The number of fused-ring (bicyclic) bond motifs is 9. The standard InChI is InChI=1S/C53H32N2O3/c1-2-11-36(12-3-1)53-54-52-49(58-53)31-30-48-51(52)43-32-37(24-29-46(43)57-48)33-20-25-38(26-21-33)55(44-17-9-19-47-50(44)42-15-6-7-18-45(42)56-47)39-27-22-35(23-28-39)41-16-8-13-34-10-4-5-14-40(34)41/h1-32H. The monoisotopic (exact) mass is 744 g/mol. The van der Waals surface area contributed by atoms with E-state index >= 15 is 0 Å². The van der Waals surface area contributed by atoms with Crippen molar-refractivity contribution >= 4 is 82.8 Å². The molecule has 272 valence electrons. The van der Waals surface area contributed by atoms with E-state index < -0.39 is 0 Å². The molecule has 0 radical (unpaired) electrons. The Morgan fingerprint density at radius 1 is 0.362 bits per heavy atom. The molecule has 0 amide bonds. The Morgan fingerprint density at radius 3 is 1.79 bits per heavy atom. The predicted octanol–water partition coefficient (Wildman–Crippen LogP) is 15.3. The number of benzene rings is 9. The summed E-state index contributed by atoms with van der Waals surface area (Å²) in [6.45, 7) is 0. The van der Waals surface area contributed by atoms with Crippen molar-refractivity contribution in [1.82, 2.24) is 4.98 Å². The number of aromatic nitrogens is 1. The molecule has 58 heavy (non-hydrogen) atoms. The third kappa shape index (κ3) is 5.14. The lowest BCUT2D eigenvalue weighted by molar-refractivity contribution is 0.619. The number of hydrogen-bond acceptors (Lipinski definition) is 5. The normalized spacial score (nSPS) is 11.8. The largest absolute Gasteiger partial charge is 0.456 e. The predicted molar refractivity (Wildman–Crippen MR) is 237 cm³/mol. The average molecular weight is 745 g/mol. The zero-order chi connectivity index (χ0) is 38.2. The summed E-state index contributed by atoms with van der Waals surface area (Å²) in [4.78, 5) is 7.29. The van der Waals surface area contributed by atoms with Gasteiger partial charge in [-0.05, 0) is 112 Å². The summed E-state index contributed by atoms with van der Waals surface area (Å²) in [6, 6.07) is 67.6. The maximum atomic E-state index is 6.37. The van der Waals surface area contributed by atoms with Crippen LogP contribution in [0, 0.1) is 0 Å². The van der Waals surface area contributed by atoms with Crippen molar-refractivity contribution in [1.29, 1.82) is 0 Å². The molecule has 12 rings (SSSR count). The van der Waals surface area contributed by atoms with Gasteiger partial charge < -0.3 is 18.2 Å². The third-order valence-electron chi connectivity index (χ3n) is 11.3. The maximum Gasteiger partial charge on any atom is 0.227 e. The van der Waals surface area contributed by atoms with E-state index in [9.17, 15) is 0 Å². The summed E-state index contributed by atoms with van der Waals surface area (Å²) in [7, 11) is 0. The van der Waals surface area contributed by atoms with Crippen LogP contribution in [0.4, 0.5) is 17.1 Å². The number of furan rings is 2. The van der Waals surface area contributed by atoms with Crippen molar-refractivity contribution in [3.05, 3.63) is 194 Å². The number of rotatable bonds is 6. The zero-order valence-electron chi connectivity index (χ0n) is 31.1. The van der Waals surface area contributed by atoms with Gasteiger partial charge in [0.05, 0.1) is 16.5 Å². The Balaban J connectivity index is 0.976. The summed E-state index contributed by atoms with van der Waals surface area (Å²) in [6.07, 6.45) is 0. The number of nitrogens with zero attached hydrogens (tertiary/aromatic N) is 2. The SMILES string of the molecule is c1ccc(-c2nc3c(ccc4oc5ccc(-c6ccc(N(c7ccc(-c8cccc9ccccc89)cc7)c7cccc8oc9ccccc9c78)cc6)cc5c43)o2)cc1. The van der Waals surface area contributed by atoms with Crippen molar-refractivity contribution in [3.63, 3.8) is 0 Å². The number of hydrogen-bond donors (Lipinski definition) is 0. The second-order valence-corrected chi connectivity index (χ2v) is 14.7. The van der Waals surface area contributed by atoms with Crippen molar-refractivity contribution < 1.29 is 13.3 Å². The van der Waals surface area contributed by atoms with E-state index in [2.05, 4.69) is 144 Å². The Morgan fingerprint density at radius 2 is 0.966 bits per heavy atom. The molecule has 0 aliphatic heterocycles. The van der Waals surface area contributed by atoms with E-state index in [1.165, 1.54) is 21.9 Å². The molecule has 0 unspecified atom stereocenters. The second kappa shape index (κ2) is 12.8. The molecule has 5 heteroatoms. The molecule has 0 saturated carbocycles. The van der Waals surface area contributed by atoms with Crippen LogP contribution in [0.25, 0.3) is 99.5 Å². The highest BCUT2D eigenvalue weighted by Gasteiger charge is 2.21. The molecule has 3 heterocycles. The van der Waals surface area contributed by atoms with Crippen LogP contribution in [0.3, 0.4) is 0 Å². The van der Waals surface area contributed by atoms with Crippen molar-refractivity contribution in [2.75, 3.05) is 4.90 Å². The number of para-hydroxylation sites is 1. The van der Waals surface area contributed by atoms with Gasteiger partial charge in [0.2, 0.25) is 5.89 Å². The van der Waals surface area contributed by atoms with Crippen molar-refractivity contribution in [2.45, 2.75) is 0 Å². The second-order valence-electron chi connectivity index (χ2n) is 14.7. The zero-order valence-corrected chi connectivity index (χ0v) is 31.1. The van der Waals surface area contributed by atoms with Crippen LogP contribution in [0.5, 0.6) is 0 Å². The fourth-order valence-corrected chi connectivity index (χ4v) is 8.58. The lowest BCUT2D eigenvalue weighted by atomic mass is 9.98. The minimum absolute atomic E-state index is 0.594. The van der Waals surface area contributed by atoms with E-state index in [0.29, 0.717) is 5.89 Å². The van der Waals surface area contributed by atoms with Crippen LogP contribution in [-0.2, 0) is 0 Å². The lowest BCUT2D eigenvalue weighted by Gasteiger charge is -2.26. The van der Waals surface area contributed by atoms with Crippen LogP contribution >= 0.6 is 0 Å². The van der Waals surface area contributed by atoms with Crippen LogP contribution < -0.4 is 4.90 Å². The highest BCUT2D eigenvalue weighted by Crippen LogP contribution is 2.44. The van der Waals surface area contributed by atoms with Crippen LogP contribution in [-0.4, -0.2) is 4.98 Å². The van der Waals surface area contributed by atoms with Gasteiger partial charge in [0.15, 0.2) is 5.58 Å². The van der Waals surface area contributed by atoms with E-state index in [1.807, 2.05) is 54.6 Å². The maximum absolute atomic E-state index is 6.37. The van der Waals surface area contributed by atoms with Gasteiger partial charge in [-0.3, -0.25) is 0 Å². The third-order valence-corrected chi connectivity index (χ3v) is 11.3. The van der Waals surface area contributed by atoms with Gasteiger partial charge in [-0.1, -0.05) is 115 Å². The molecule has 0 aliphatic rings. The quantitative estimate of drug-likeness (QED) is 0.170. The molecule has 0 spiro atoms. The van der Waals surface area contributed by atoms with Gasteiger partial charge in [-0.25, -0.2) is 4.98 Å². The Labute approximate surface area is 332 Å². The molecule has 0 saturated heterocycles. The average Bonchev–Trinajstić information content (AvgIpc) is 4.01. The lowest BCUT2D eigenvalue weighted by Crippen LogP contribution is -2.10. The summed E-state index contributed by atoms with van der Waals surface area (Å²) >= 11 is 0. The molecule has 3 aromatic heterocycles. The molecular formula is C53H32N2O3. The fraction of sp³-hybridized carbons (Fsp3) is 0. The Hall–Kier alpha value is -7.89. The van der Waals surface area contributed by atoms with Crippen molar-refractivity contribution in [2.24, 2.45) is 0 Å². The molecule has 0 atom stereocenters. The molecule has 9 aromatic carbocycles. The van der Waals surface area contributed by atoms with E-state index in [-0.39, 0.29) is 0 Å². The Bertz CT molecular complexity index is 3500. The first-order valence-electron chi connectivity index (χ1n) is 19.4. The summed E-state index contributed by atoms with van der Waals surface area (Å²) in [5.74, 6) is 0.594. The van der Waals surface area contributed by atoms with Gasteiger partial charge in [0, 0.05) is 27.7 Å². The molecule has 0 bridgehead atoms. The first kappa shape index (κ1) is 32.4. The first-order valence-corrected chi connectivity index (χ1v) is 19.4. The highest BCUT2D eigenvalue weighted by molar-refractivity contribution is 6.17. The molecular weight excluding hydrogens is 713 g/mol. The summed E-state index contributed by atoms with van der Waals surface area (Å²) in [5.41, 5.74) is 13.5. The van der Waals surface area contributed by atoms with E-state index in [0.717, 1.165) is 88.7 Å². The molecule has 0 aliphatic carbocycles. The minimum Gasteiger partial charge on any atom is -0.456 e. The van der Waals surface area contributed by atoms with Crippen LogP contribution in [0.2, 0.25) is 0 Å².